The Kier molecular flexibility index (Phi) is 4.28. The van der Waals surface area contributed by atoms with E-state index in [2.05, 4.69) is 10.1 Å². The van der Waals surface area contributed by atoms with E-state index < -0.39 is 5.56 Å². The minimum atomic E-state index is -0.425. The monoisotopic (exact) mass is 359 g/mol. The van der Waals surface area contributed by atoms with Crippen LogP contribution in [0.1, 0.15) is 36.2 Å². The molecule has 138 valence electrons. The third kappa shape index (κ3) is 2.90. The van der Waals surface area contributed by atoms with Crippen molar-refractivity contribution in [2.45, 2.75) is 43.4 Å². The molecule has 4 rings (SSSR count). The number of nitrogens with zero attached hydrogens (tertiary/aromatic N) is 2. The molecular formula is C18H21N3O5. The highest BCUT2D eigenvalue weighted by Gasteiger charge is 2.53. The molecule has 3 atom stereocenters. The number of H-pyrrole nitrogens is 1. The summed E-state index contributed by atoms with van der Waals surface area (Å²) in [4.78, 5) is 30.1. The van der Waals surface area contributed by atoms with Crippen LogP contribution in [0.25, 0.3) is 0 Å². The fraction of sp³-hybridized carbons (Fsp3) is 0.500. The first-order chi connectivity index (χ1) is 12.6. The van der Waals surface area contributed by atoms with Crippen LogP contribution in [0.15, 0.2) is 39.8 Å². The Morgan fingerprint density at radius 3 is 3.00 bits per heavy atom. The number of methoxy groups -OCH3 is 1. The maximum atomic E-state index is 12.8. The van der Waals surface area contributed by atoms with E-state index in [1.807, 2.05) is 18.2 Å². The first-order valence-electron chi connectivity index (χ1n) is 8.74. The zero-order chi connectivity index (χ0) is 18.1. The Morgan fingerprint density at radius 1 is 1.42 bits per heavy atom. The first kappa shape index (κ1) is 16.8. The van der Waals surface area contributed by atoms with Crippen molar-refractivity contribution in [3.05, 3.63) is 46.6 Å². The van der Waals surface area contributed by atoms with Gasteiger partial charge in [-0.05, 0) is 25.3 Å². The minimum absolute atomic E-state index is 0.0228. The van der Waals surface area contributed by atoms with Gasteiger partial charge in [0.1, 0.15) is 6.10 Å². The van der Waals surface area contributed by atoms with Gasteiger partial charge in [-0.1, -0.05) is 6.07 Å². The molecule has 2 aliphatic rings. The SMILES string of the molecule is CO[C@]12CC[C@@H](Oc3ccccn3)C[C@H]1N(C(=O)c1cc(=O)[nH]o1)CC2. The Labute approximate surface area is 150 Å². The molecule has 0 aromatic carbocycles. The zero-order valence-corrected chi connectivity index (χ0v) is 14.5. The highest BCUT2D eigenvalue weighted by molar-refractivity contribution is 5.91. The minimum Gasteiger partial charge on any atom is -0.474 e. The second kappa shape index (κ2) is 6.60. The predicted octanol–water partition coefficient (Wildman–Crippen LogP) is 1.59. The molecular weight excluding hydrogens is 338 g/mol. The van der Waals surface area contributed by atoms with Crippen molar-refractivity contribution in [2.24, 2.45) is 0 Å². The predicted molar refractivity (Wildman–Crippen MR) is 91.0 cm³/mol. The van der Waals surface area contributed by atoms with Gasteiger partial charge < -0.3 is 18.9 Å². The van der Waals surface area contributed by atoms with Gasteiger partial charge in [0.25, 0.3) is 11.5 Å². The standard InChI is InChI=1S/C18H21N3O5/c1-24-18-6-5-12(25-16-4-2-3-8-19-16)10-14(18)21(9-7-18)17(23)13-11-15(22)20-26-13/h2-4,8,11-12,14H,5-7,9-10H2,1H3,(H,20,22)/t12-,14-,18+/m1/s1. The Morgan fingerprint density at radius 2 is 2.31 bits per heavy atom. The van der Waals surface area contributed by atoms with Crippen molar-refractivity contribution in [1.29, 1.82) is 0 Å². The lowest BCUT2D eigenvalue weighted by Gasteiger charge is -2.43. The lowest BCUT2D eigenvalue weighted by atomic mass is 9.79. The van der Waals surface area contributed by atoms with Crippen molar-refractivity contribution in [2.75, 3.05) is 13.7 Å². The largest absolute Gasteiger partial charge is 0.474 e. The fourth-order valence-corrected chi connectivity index (χ4v) is 4.13. The maximum Gasteiger partial charge on any atom is 0.292 e. The molecule has 1 amide bonds. The molecule has 3 heterocycles. The van der Waals surface area contributed by atoms with Gasteiger partial charge in [-0.15, -0.1) is 0 Å². The lowest BCUT2D eigenvalue weighted by Crippen LogP contribution is -2.53. The number of ether oxygens (including phenoxy) is 2. The molecule has 26 heavy (non-hydrogen) atoms. The molecule has 1 saturated carbocycles. The van der Waals surface area contributed by atoms with Gasteiger partial charge in [0.2, 0.25) is 11.6 Å². The number of pyridine rings is 1. The van der Waals surface area contributed by atoms with Gasteiger partial charge in [-0.3, -0.25) is 9.59 Å². The molecule has 8 heteroatoms. The number of amides is 1. The van der Waals surface area contributed by atoms with E-state index in [9.17, 15) is 9.59 Å². The number of carbonyl (C=O) groups excluding carboxylic acids is 1. The molecule has 0 bridgehead atoms. The van der Waals surface area contributed by atoms with Crippen molar-refractivity contribution in [3.63, 3.8) is 0 Å². The molecule has 1 N–H and O–H groups in total. The smallest absolute Gasteiger partial charge is 0.292 e. The van der Waals surface area contributed by atoms with Gasteiger partial charge in [0.05, 0.1) is 17.7 Å². The van der Waals surface area contributed by atoms with E-state index in [1.165, 1.54) is 6.07 Å². The highest BCUT2D eigenvalue weighted by atomic mass is 16.5. The number of hydrogen-bond donors (Lipinski definition) is 1. The van der Waals surface area contributed by atoms with Crippen LogP contribution in [0.4, 0.5) is 0 Å². The van der Waals surface area contributed by atoms with Gasteiger partial charge in [-0.25, -0.2) is 4.98 Å². The number of aromatic amines is 1. The molecule has 1 aliphatic carbocycles. The summed E-state index contributed by atoms with van der Waals surface area (Å²) in [5.74, 6) is 0.301. The highest BCUT2D eigenvalue weighted by Crippen LogP contribution is 2.43. The first-order valence-corrected chi connectivity index (χ1v) is 8.74. The number of fused-ring (bicyclic) bond motifs is 1. The Hall–Kier alpha value is -2.61. The van der Waals surface area contributed by atoms with E-state index >= 15 is 0 Å². The van der Waals surface area contributed by atoms with Gasteiger partial charge in [-0.2, -0.15) is 5.16 Å². The molecule has 2 aromatic heterocycles. The topological polar surface area (TPSA) is 97.7 Å². The van der Waals surface area contributed by atoms with Crippen LogP contribution >= 0.6 is 0 Å². The zero-order valence-electron chi connectivity index (χ0n) is 14.5. The van der Waals surface area contributed by atoms with E-state index in [4.69, 9.17) is 14.0 Å². The van der Waals surface area contributed by atoms with Gasteiger partial charge in [0.15, 0.2) is 0 Å². The average molecular weight is 359 g/mol. The quantitative estimate of drug-likeness (QED) is 0.890. The number of likely N-dealkylation sites (tertiary alicyclic amines) is 1. The fourth-order valence-electron chi connectivity index (χ4n) is 4.13. The van der Waals surface area contributed by atoms with Crippen LogP contribution < -0.4 is 10.3 Å². The van der Waals surface area contributed by atoms with Crippen LogP contribution in [-0.2, 0) is 4.74 Å². The van der Waals surface area contributed by atoms with Crippen LogP contribution in [0.2, 0.25) is 0 Å². The number of aromatic nitrogens is 2. The summed E-state index contributed by atoms with van der Waals surface area (Å²) in [7, 11) is 1.69. The van der Waals surface area contributed by atoms with Crippen LogP contribution in [0, 0.1) is 0 Å². The van der Waals surface area contributed by atoms with E-state index in [0.29, 0.717) is 18.8 Å². The van der Waals surface area contributed by atoms with Crippen LogP contribution in [-0.4, -0.2) is 52.3 Å². The summed E-state index contributed by atoms with van der Waals surface area (Å²) >= 11 is 0. The second-order valence-corrected chi connectivity index (χ2v) is 6.79. The molecule has 1 saturated heterocycles. The number of hydrogen-bond acceptors (Lipinski definition) is 6. The summed E-state index contributed by atoms with van der Waals surface area (Å²) in [5, 5.41) is 2.17. The molecule has 1 aliphatic heterocycles. The van der Waals surface area contributed by atoms with E-state index in [-0.39, 0.29) is 29.4 Å². The third-order valence-electron chi connectivity index (χ3n) is 5.46. The number of rotatable bonds is 4. The maximum absolute atomic E-state index is 12.8. The number of carbonyl (C=O) groups is 1. The van der Waals surface area contributed by atoms with Gasteiger partial charge >= 0.3 is 0 Å². The summed E-state index contributed by atoms with van der Waals surface area (Å²) in [5.41, 5.74) is -0.804. The summed E-state index contributed by atoms with van der Waals surface area (Å²) in [6.07, 6.45) is 4.67. The molecule has 0 spiro atoms. The molecule has 0 radical (unpaired) electrons. The van der Waals surface area contributed by atoms with Crippen molar-refractivity contribution >= 4 is 5.91 Å². The third-order valence-corrected chi connectivity index (χ3v) is 5.46. The van der Waals surface area contributed by atoms with E-state index in [1.54, 1.807) is 18.2 Å². The Bertz CT molecular complexity index is 833. The normalized spacial score (nSPS) is 28.0. The summed E-state index contributed by atoms with van der Waals surface area (Å²) in [6, 6.07) is 6.59. The number of nitrogens with one attached hydrogen (secondary N) is 1. The Balaban J connectivity index is 1.54. The molecule has 8 nitrogen and oxygen atoms in total. The van der Waals surface area contributed by atoms with Crippen LogP contribution in [0.5, 0.6) is 5.88 Å². The van der Waals surface area contributed by atoms with Crippen LogP contribution in [0.3, 0.4) is 0 Å². The van der Waals surface area contributed by atoms with Crippen molar-refractivity contribution in [3.8, 4) is 5.88 Å². The van der Waals surface area contributed by atoms with Crippen molar-refractivity contribution in [1.82, 2.24) is 15.0 Å². The molecule has 0 unspecified atom stereocenters. The lowest BCUT2D eigenvalue weighted by molar-refractivity contribution is -0.0791. The molecule has 2 aromatic rings. The van der Waals surface area contributed by atoms with Gasteiger partial charge in [0, 0.05) is 32.3 Å². The summed E-state index contributed by atoms with van der Waals surface area (Å²) < 4.78 is 16.9. The second-order valence-electron chi connectivity index (χ2n) is 6.79. The summed E-state index contributed by atoms with van der Waals surface area (Å²) in [6.45, 7) is 0.558. The van der Waals surface area contributed by atoms with Crippen molar-refractivity contribution < 1.29 is 18.8 Å². The molecule has 2 fully saturated rings. The van der Waals surface area contributed by atoms with E-state index in [0.717, 1.165) is 19.3 Å². The average Bonchev–Trinajstić information content (AvgIpc) is 3.26.